The van der Waals surface area contributed by atoms with Crippen molar-refractivity contribution in [1.29, 1.82) is 0 Å². The summed E-state index contributed by atoms with van der Waals surface area (Å²) >= 11 is 0. The van der Waals surface area contributed by atoms with Crippen molar-refractivity contribution in [3.05, 3.63) is 83.7 Å². The monoisotopic (exact) mass is 404 g/mol. The van der Waals surface area contributed by atoms with E-state index in [1.54, 1.807) is 21.8 Å². The van der Waals surface area contributed by atoms with Gasteiger partial charge < -0.3 is 15.0 Å². The second kappa shape index (κ2) is 9.26. The lowest BCUT2D eigenvalue weighted by molar-refractivity contribution is -0.132. The standard InChI is InChI=1S/C23H24N4O3/c28-22(9-12-27-11-4-10-25-27)26-13-14-30-21-8-7-19(15-20(21)17-26)23(29)24-16-18-5-2-1-3-6-18/h1-8,10-11,15H,9,12-14,16-17H2,(H,24,29). The summed E-state index contributed by atoms with van der Waals surface area (Å²) in [6.07, 6.45) is 3.91. The number of aryl methyl sites for hydroxylation is 1. The van der Waals surface area contributed by atoms with Crippen LogP contribution in [-0.4, -0.2) is 39.6 Å². The SMILES string of the molecule is O=C(NCc1ccccc1)c1ccc2c(c1)CN(C(=O)CCn1cccn1)CCO2. The third-order valence-electron chi connectivity index (χ3n) is 5.07. The van der Waals surface area contributed by atoms with E-state index in [-0.39, 0.29) is 11.8 Å². The molecule has 0 aliphatic carbocycles. The first-order valence-electron chi connectivity index (χ1n) is 10.0. The maximum atomic E-state index is 12.7. The molecule has 2 aromatic carbocycles. The molecule has 2 amide bonds. The van der Waals surface area contributed by atoms with E-state index in [0.717, 1.165) is 16.9 Å². The van der Waals surface area contributed by atoms with Crippen LogP contribution in [0.1, 0.15) is 27.9 Å². The Hall–Kier alpha value is -3.61. The number of ether oxygens (including phenoxy) is 1. The average molecular weight is 404 g/mol. The molecule has 0 spiro atoms. The maximum absolute atomic E-state index is 12.7. The molecule has 4 rings (SSSR count). The fourth-order valence-corrected chi connectivity index (χ4v) is 3.43. The molecule has 3 aromatic rings. The fraction of sp³-hybridized carbons (Fsp3) is 0.261. The number of rotatable bonds is 6. The number of hydrogen-bond donors (Lipinski definition) is 1. The van der Waals surface area contributed by atoms with Crippen molar-refractivity contribution in [2.45, 2.75) is 26.1 Å². The Balaban J connectivity index is 1.40. The van der Waals surface area contributed by atoms with Gasteiger partial charge >= 0.3 is 0 Å². The molecule has 0 saturated heterocycles. The van der Waals surface area contributed by atoms with Gasteiger partial charge in [-0.15, -0.1) is 0 Å². The smallest absolute Gasteiger partial charge is 0.251 e. The molecular weight excluding hydrogens is 380 g/mol. The third-order valence-corrected chi connectivity index (χ3v) is 5.07. The first kappa shape index (κ1) is 19.7. The molecule has 0 saturated carbocycles. The summed E-state index contributed by atoms with van der Waals surface area (Å²) in [7, 11) is 0. The van der Waals surface area contributed by atoms with E-state index in [4.69, 9.17) is 4.74 Å². The molecular formula is C23H24N4O3. The van der Waals surface area contributed by atoms with Crippen molar-refractivity contribution in [1.82, 2.24) is 20.0 Å². The van der Waals surface area contributed by atoms with Gasteiger partial charge in [0.25, 0.3) is 5.91 Å². The topological polar surface area (TPSA) is 76.5 Å². The fourth-order valence-electron chi connectivity index (χ4n) is 3.43. The second-order valence-electron chi connectivity index (χ2n) is 7.17. The van der Waals surface area contributed by atoms with Crippen molar-refractivity contribution in [2.24, 2.45) is 0 Å². The number of carbonyl (C=O) groups excluding carboxylic acids is 2. The molecule has 1 aliphatic rings. The van der Waals surface area contributed by atoms with Crippen molar-refractivity contribution < 1.29 is 14.3 Å². The van der Waals surface area contributed by atoms with Crippen molar-refractivity contribution >= 4 is 11.8 Å². The molecule has 0 unspecified atom stereocenters. The van der Waals surface area contributed by atoms with Crippen LogP contribution in [0, 0.1) is 0 Å². The Bertz CT molecular complexity index is 1000. The van der Waals surface area contributed by atoms with Crippen LogP contribution in [0.15, 0.2) is 67.0 Å². The van der Waals surface area contributed by atoms with Gasteiger partial charge in [0.2, 0.25) is 5.91 Å². The van der Waals surface area contributed by atoms with Crippen LogP contribution >= 0.6 is 0 Å². The molecule has 0 radical (unpaired) electrons. The Morgan fingerprint density at radius 2 is 1.97 bits per heavy atom. The van der Waals surface area contributed by atoms with Crippen LogP contribution in [0.25, 0.3) is 0 Å². The Labute approximate surface area is 175 Å². The summed E-state index contributed by atoms with van der Waals surface area (Å²) in [5.74, 6) is 0.611. The minimum Gasteiger partial charge on any atom is -0.491 e. The molecule has 154 valence electrons. The number of nitrogens with zero attached hydrogens (tertiary/aromatic N) is 3. The summed E-state index contributed by atoms with van der Waals surface area (Å²) in [5.41, 5.74) is 2.43. The molecule has 1 aromatic heterocycles. The highest BCUT2D eigenvalue weighted by molar-refractivity contribution is 5.94. The average Bonchev–Trinajstić information content (AvgIpc) is 3.21. The van der Waals surface area contributed by atoms with Gasteiger partial charge in [0.1, 0.15) is 12.4 Å². The minimum atomic E-state index is -0.151. The van der Waals surface area contributed by atoms with Gasteiger partial charge in [-0.25, -0.2) is 0 Å². The number of carbonyl (C=O) groups is 2. The minimum absolute atomic E-state index is 0.0425. The molecule has 1 aliphatic heterocycles. The highest BCUT2D eigenvalue weighted by Gasteiger charge is 2.21. The van der Waals surface area contributed by atoms with Crippen LogP contribution in [0.4, 0.5) is 0 Å². The van der Waals surface area contributed by atoms with Gasteiger partial charge in [-0.1, -0.05) is 30.3 Å². The molecule has 2 heterocycles. The van der Waals surface area contributed by atoms with Crippen LogP contribution in [-0.2, 0) is 24.4 Å². The number of aromatic nitrogens is 2. The quantitative estimate of drug-likeness (QED) is 0.685. The van der Waals surface area contributed by atoms with Crippen LogP contribution < -0.4 is 10.1 Å². The third kappa shape index (κ3) is 4.86. The Morgan fingerprint density at radius 3 is 2.77 bits per heavy atom. The first-order valence-corrected chi connectivity index (χ1v) is 10.0. The van der Waals surface area contributed by atoms with Gasteiger partial charge in [-0.3, -0.25) is 14.3 Å². The number of benzene rings is 2. The van der Waals surface area contributed by atoms with E-state index in [0.29, 0.717) is 44.8 Å². The Kier molecular flexibility index (Phi) is 6.08. The molecule has 30 heavy (non-hydrogen) atoms. The Morgan fingerprint density at radius 1 is 1.10 bits per heavy atom. The van der Waals surface area contributed by atoms with E-state index in [2.05, 4.69) is 10.4 Å². The zero-order chi connectivity index (χ0) is 20.8. The normalized spacial score (nSPS) is 13.1. The van der Waals surface area contributed by atoms with Crippen LogP contribution in [0.5, 0.6) is 5.75 Å². The predicted octanol–water partition coefficient (Wildman–Crippen LogP) is 2.62. The number of hydrogen-bond acceptors (Lipinski definition) is 4. The molecule has 0 fully saturated rings. The van der Waals surface area contributed by atoms with Crippen molar-refractivity contribution in [2.75, 3.05) is 13.2 Å². The molecule has 0 atom stereocenters. The lowest BCUT2D eigenvalue weighted by Gasteiger charge is -2.20. The summed E-state index contributed by atoms with van der Waals surface area (Å²) in [6, 6.07) is 17.0. The zero-order valence-corrected chi connectivity index (χ0v) is 16.7. The van der Waals surface area contributed by atoms with Gasteiger partial charge in [0.05, 0.1) is 6.54 Å². The van der Waals surface area contributed by atoms with Gasteiger partial charge in [0.15, 0.2) is 0 Å². The number of fused-ring (bicyclic) bond motifs is 1. The zero-order valence-electron chi connectivity index (χ0n) is 16.7. The lowest BCUT2D eigenvalue weighted by atomic mass is 10.1. The largest absolute Gasteiger partial charge is 0.491 e. The van der Waals surface area contributed by atoms with E-state index in [9.17, 15) is 9.59 Å². The first-order chi connectivity index (χ1) is 14.7. The van der Waals surface area contributed by atoms with Gasteiger partial charge in [-0.05, 0) is 29.8 Å². The van der Waals surface area contributed by atoms with E-state index < -0.39 is 0 Å². The van der Waals surface area contributed by atoms with E-state index in [1.807, 2.05) is 54.7 Å². The van der Waals surface area contributed by atoms with E-state index in [1.165, 1.54) is 0 Å². The number of amides is 2. The number of nitrogens with one attached hydrogen (secondary N) is 1. The highest BCUT2D eigenvalue weighted by atomic mass is 16.5. The summed E-state index contributed by atoms with van der Waals surface area (Å²) in [6.45, 7) is 2.37. The predicted molar refractivity (Wildman–Crippen MR) is 112 cm³/mol. The van der Waals surface area contributed by atoms with Crippen molar-refractivity contribution in [3.63, 3.8) is 0 Å². The molecule has 0 bridgehead atoms. The second-order valence-corrected chi connectivity index (χ2v) is 7.17. The molecule has 1 N–H and O–H groups in total. The van der Waals surface area contributed by atoms with Crippen molar-refractivity contribution in [3.8, 4) is 5.75 Å². The van der Waals surface area contributed by atoms with E-state index >= 15 is 0 Å². The van der Waals surface area contributed by atoms with Crippen LogP contribution in [0.2, 0.25) is 0 Å². The summed E-state index contributed by atoms with van der Waals surface area (Å²) in [5, 5.41) is 7.07. The lowest BCUT2D eigenvalue weighted by Crippen LogP contribution is -2.33. The highest BCUT2D eigenvalue weighted by Crippen LogP contribution is 2.25. The maximum Gasteiger partial charge on any atom is 0.251 e. The van der Waals surface area contributed by atoms with Gasteiger partial charge in [0, 0.05) is 49.6 Å². The summed E-state index contributed by atoms with van der Waals surface area (Å²) < 4.78 is 7.55. The summed E-state index contributed by atoms with van der Waals surface area (Å²) in [4.78, 5) is 27.1. The molecule has 7 heteroatoms. The molecule has 7 nitrogen and oxygen atoms in total. The van der Waals surface area contributed by atoms with Gasteiger partial charge in [-0.2, -0.15) is 5.10 Å². The van der Waals surface area contributed by atoms with Crippen LogP contribution in [0.3, 0.4) is 0 Å².